The minimum atomic E-state index is -4.44. The predicted octanol–water partition coefficient (Wildman–Crippen LogP) is 5.35. The zero-order chi connectivity index (χ0) is 18.8. The maximum Gasteiger partial charge on any atom is 0.416 e. The van der Waals surface area contributed by atoms with Crippen molar-refractivity contribution in [3.63, 3.8) is 0 Å². The zero-order valence-electron chi connectivity index (χ0n) is 13.9. The SMILES string of the molecule is Cc1cc(OCP(C)(=O)O)cc(C)c1Oc1cccc(C(F)(F)F)c1. The van der Waals surface area contributed by atoms with Crippen LogP contribution in [0.3, 0.4) is 0 Å². The van der Waals surface area contributed by atoms with Crippen molar-refractivity contribution in [2.75, 3.05) is 13.0 Å². The van der Waals surface area contributed by atoms with Crippen molar-refractivity contribution < 1.29 is 32.1 Å². The molecule has 8 heteroatoms. The topological polar surface area (TPSA) is 55.8 Å². The highest BCUT2D eigenvalue weighted by atomic mass is 31.2. The Bertz CT molecular complexity index is 789. The Morgan fingerprint density at radius 3 is 2.20 bits per heavy atom. The first kappa shape index (κ1) is 19.3. The van der Waals surface area contributed by atoms with E-state index in [-0.39, 0.29) is 12.1 Å². The molecular formula is C17H18F3O4P. The molecule has 0 aliphatic rings. The maximum atomic E-state index is 12.8. The molecule has 25 heavy (non-hydrogen) atoms. The molecule has 0 heterocycles. The Hall–Kier alpha value is -1.98. The number of hydrogen-bond donors (Lipinski definition) is 1. The van der Waals surface area contributed by atoms with Gasteiger partial charge in [-0.15, -0.1) is 0 Å². The molecule has 0 fully saturated rings. The summed E-state index contributed by atoms with van der Waals surface area (Å²) in [4.78, 5) is 9.27. The van der Waals surface area contributed by atoms with Crippen molar-refractivity contribution in [1.29, 1.82) is 0 Å². The fourth-order valence-corrected chi connectivity index (χ4v) is 2.59. The number of rotatable bonds is 5. The van der Waals surface area contributed by atoms with E-state index in [1.54, 1.807) is 26.0 Å². The van der Waals surface area contributed by atoms with Gasteiger partial charge in [-0.3, -0.25) is 4.57 Å². The predicted molar refractivity (Wildman–Crippen MR) is 88.7 cm³/mol. The second-order valence-electron chi connectivity index (χ2n) is 5.84. The molecule has 0 aliphatic carbocycles. The number of alkyl halides is 3. The van der Waals surface area contributed by atoms with Gasteiger partial charge in [-0.1, -0.05) is 6.07 Å². The Kier molecular flexibility index (Phi) is 5.49. The van der Waals surface area contributed by atoms with E-state index in [1.807, 2.05) is 0 Å². The molecule has 1 unspecified atom stereocenters. The Morgan fingerprint density at radius 1 is 1.08 bits per heavy atom. The summed E-state index contributed by atoms with van der Waals surface area (Å²) in [5, 5.41) is 0. The van der Waals surface area contributed by atoms with Gasteiger partial charge in [-0.05, 0) is 55.3 Å². The normalized spacial score (nSPS) is 14.0. The summed E-state index contributed by atoms with van der Waals surface area (Å²) in [5.41, 5.74) is 0.481. The van der Waals surface area contributed by atoms with Crippen LogP contribution in [0.25, 0.3) is 0 Å². The summed E-state index contributed by atoms with van der Waals surface area (Å²) < 4.78 is 60.5. The smallest absolute Gasteiger partial charge is 0.416 e. The van der Waals surface area contributed by atoms with Crippen LogP contribution < -0.4 is 9.47 Å². The average Bonchev–Trinajstić information content (AvgIpc) is 2.48. The fraction of sp³-hybridized carbons (Fsp3) is 0.294. The van der Waals surface area contributed by atoms with E-state index < -0.39 is 19.1 Å². The lowest BCUT2D eigenvalue weighted by Gasteiger charge is -2.16. The van der Waals surface area contributed by atoms with Crippen molar-refractivity contribution in [3.05, 3.63) is 53.1 Å². The van der Waals surface area contributed by atoms with E-state index in [1.165, 1.54) is 18.8 Å². The quantitative estimate of drug-likeness (QED) is 0.717. The molecule has 0 amide bonds. The van der Waals surface area contributed by atoms with Gasteiger partial charge in [0, 0.05) is 6.66 Å². The van der Waals surface area contributed by atoms with Gasteiger partial charge in [0.1, 0.15) is 17.2 Å². The van der Waals surface area contributed by atoms with Crippen LogP contribution in [0.2, 0.25) is 0 Å². The number of aryl methyl sites for hydroxylation is 2. The highest BCUT2D eigenvalue weighted by molar-refractivity contribution is 7.56. The zero-order valence-corrected chi connectivity index (χ0v) is 14.8. The monoisotopic (exact) mass is 374 g/mol. The first-order valence-electron chi connectivity index (χ1n) is 7.34. The third kappa shape index (κ3) is 5.51. The lowest BCUT2D eigenvalue weighted by atomic mass is 10.1. The number of ether oxygens (including phenoxy) is 2. The van der Waals surface area contributed by atoms with E-state index in [4.69, 9.17) is 9.47 Å². The number of hydrogen-bond acceptors (Lipinski definition) is 3. The van der Waals surface area contributed by atoms with E-state index in [0.29, 0.717) is 22.6 Å². The van der Waals surface area contributed by atoms with Crippen molar-refractivity contribution >= 4 is 7.37 Å². The molecule has 0 aliphatic heterocycles. The van der Waals surface area contributed by atoms with E-state index >= 15 is 0 Å². The second-order valence-corrected chi connectivity index (χ2v) is 8.20. The minimum Gasteiger partial charge on any atom is -0.484 e. The van der Waals surface area contributed by atoms with Crippen molar-refractivity contribution in [2.45, 2.75) is 20.0 Å². The van der Waals surface area contributed by atoms with Crippen LogP contribution in [0.5, 0.6) is 17.2 Å². The van der Waals surface area contributed by atoms with Crippen LogP contribution in [0.1, 0.15) is 16.7 Å². The van der Waals surface area contributed by atoms with E-state index in [2.05, 4.69) is 0 Å². The van der Waals surface area contributed by atoms with Gasteiger partial charge >= 0.3 is 6.18 Å². The summed E-state index contributed by atoms with van der Waals surface area (Å²) in [6.07, 6.45) is -4.76. The summed E-state index contributed by atoms with van der Waals surface area (Å²) in [6, 6.07) is 7.83. The molecule has 1 atom stereocenters. The molecule has 0 spiro atoms. The Labute approximate surface area is 143 Å². The highest BCUT2D eigenvalue weighted by Crippen LogP contribution is 2.38. The van der Waals surface area contributed by atoms with Gasteiger partial charge in [0.05, 0.1) is 5.56 Å². The van der Waals surface area contributed by atoms with Crippen molar-refractivity contribution in [1.82, 2.24) is 0 Å². The van der Waals surface area contributed by atoms with Crippen molar-refractivity contribution in [3.8, 4) is 17.2 Å². The third-order valence-corrected chi connectivity index (χ3v) is 3.89. The van der Waals surface area contributed by atoms with E-state index in [9.17, 15) is 22.6 Å². The molecule has 0 bridgehead atoms. The lowest BCUT2D eigenvalue weighted by Crippen LogP contribution is -2.04. The van der Waals surface area contributed by atoms with Gasteiger partial charge in [0.15, 0.2) is 6.35 Å². The van der Waals surface area contributed by atoms with Crippen molar-refractivity contribution in [2.24, 2.45) is 0 Å². The molecular weight excluding hydrogens is 356 g/mol. The minimum absolute atomic E-state index is 0.0723. The molecule has 2 aromatic carbocycles. The third-order valence-electron chi connectivity index (χ3n) is 3.29. The van der Waals surface area contributed by atoms with Crippen LogP contribution in [-0.4, -0.2) is 17.9 Å². The lowest BCUT2D eigenvalue weighted by molar-refractivity contribution is -0.137. The Balaban J connectivity index is 2.25. The second kappa shape index (κ2) is 7.10. The summed E-state index contributed by atoms with van der Waals surface area (Å²) in [6.45, 7) is 4.62. The van der Waals surface area contributed by atoms with Crippen LogP contribution >= 0.6 is 7.37 Å². The Morgan fingerprint density at radius 2 is 1.68 bits per heavy atom. The molecule has 0 aromatic heterocycles. The van der Waals surface area contributed by atoms with Crippen LogP contribution in [0.4, 0.5) is 13.2 Å². The van der Waals surface area contributed by atoms with Gasteiger partial charge in [0.2, 0.25) is 7.37 Å². The molecule has 2 rings (SSSR count). The van der Waals surface area contributed by atoms with Crippen LogP contribution in [0, 0.1) is 13.8 Å². The standard InChI is InChI=1S/C17H18F3O4P/c1-11-7-15(23-10-25(3,21)22)8-12(2)16(11)24-14-6-4-5-13(9-14)17(18,19)20/h4-9H,10H2,1-3H3,(H,21,22). The summed E-state index contributed by atoms with van der Waals surface area (Å²) in [7, 11) is -3.31. The first-order valence-corrected chi connectivity index (χ1v) is 9.63. The van der Waals surface area contributed by atoms with Gasteiger partial charge in [-0.25, -0.2) is 0 Å². The molecule has 4 nitrogen and oxygen atoms in total. The number of benzene rings is 2. The first-order chi connectivity index (χ1) is 11.5. The van der Waals surface area contributed by atoms with Crippen LogP contribution in [0.15, 0.2) is 36.4 Å². The molecule has 2 aromatic rings. The summed E-state index contributed by atoms with van der Waals surface area (Å²) in [5.74, 6) is 0.876. The number of halogens is 3. The maximum absolute atomic E-state index is 12.8. The molecule has 1 N–H and O–H groups in total. The molecule has 136 valence electrons. The van der Waals surface area contributed by atoms with Gasteiger partial charge in [0.25, 0.3) is 0 Å². The molecule has 0 radical (unpaired) electrons. The summed E-state index contributed by atoms with van der Waals surface area (Å²) >= 11 is 0. The van der Waals surface area contributed by atoms with Gasteiger partial charge in [-0.2, -0.15) is 13.2 Å². The van der Waals surface area contributed by atoms with Crippen LogP contribution in [-0.2, 0) is 10.7 Å². The average molecular weight is 374 g/mol. The fourth-order valence-electron chi connectivity index (χ4n) is 2.20. The van der Waals surface area contributed by atoms with E-state index in [0.717, 1.165) is 12.1 Å². The molecule has 0 saturated heterocycles. The molecule has 0 saturated carbocycles. The largest absolute Gasteiger partial charge is 0.484 e. The van der Waals surface area contributed by atoms with Gasteiger partial charge < -0.3 is 14.4 Å². The highest BCUT2D eigenvalue weighted by Gasteiger charge is 2.30.